The van der Waals surface area contributed by atoms with E-state index >= 15 is 0 Å². The molecule has 3 amide bonds. The van der Waals surface area contributed by atoms with Crippen LogP contribution in [0.4, 0.5) is 5.82 Å². The number of carbonyl (C=O) groups excluding carboxylic acids is 3. The molecule has 0 radical (unpaired) electrons. The van der Waals surface area contributed by atoms with E-state index in [9.17, 15) is 14.4 Å². The van der Waals surface area contributed by atoms with E-state index in [1.54, 1.807) is 30.4 Å². The van der Waals surface area contributed by atoms with Crippen LogP contribution >= 0.6 is 0 Å². The molecule has 13 heteroatoms. The predicted octanol–water partition coefficient (Wildman–Crippen LogP) is 2.53. The SMILES string of the molecule is Cc1cc(CC2NC(=O)c3cnc4c(c3)CC3(C4)C(=O)Nc4ncc(cc43)C=CCOCCOCCOCCN(C)C2=O)cc2cn[nH]c12. The third kappa shape index (κ3) is 6.69. The minimum Gasteiger partial charge on any atom is -0.377 e. The maximum absolute atomic E-state index is 13.8. The van der Waals surface area contributed by atoms with Crippen molar-refractivity contribution in [2.75, 3.05) is 58.6 Å². The van der Waals surface area contributed by atoms with Gasteiger partial charge in [0.25, 0.3) is 5.91 Å². The molecule has 1 spiro atoms. The van der Waals surface area contributed by atoms with E-state index in [1.165, 1.54) is 6.20 Å². The number of anilines is 1. The third-order valence-electron chi connectivity index (χ3n) is 9.44. The molecule has 5 bridgehead atoms. The quantitative estimate of drug-likeness (QED) is 0.292. The molecule has 7 rings (SSSR count). The molecule has 3 N–H and O–H groups in total. The Kier molecular flexibility index (Phi) is 9.21. The average molecular weight is 666 g/mol. The first kappa shape index (κ1) is 32.6. The zero-order chi connectivity index (χ0) is 34.0. The maximum Gasteiger partial charge on any atom is 0.253 e. The van der Waals surface area contributed by atoms with Crippen LogP contribution in [0, 0.1) is 6.92 Å². The molecule has 1 aliphatic carbocycles. The zero-order valence-corrected chi connectivity index (χ0v) is 27.6. The van der Waals surface area contributed by atoms with Crippen LogP contribution in [0.3, 0.4) is 0 Å². The number of hydrogen-bond donors (Lipinski definition) is 3. The number of rotatable bonds is 2. The van der Waals surface area contributed by atoms with E-state index in [0.717, 1.165) is 44.4 Å². The molecule has 254 valence electrons. The van der Waals surface area contributed by atoms with Crippen molar-refractivity contribution in [3.8, 4) is 0 Å². The molecule has 13 nitrogen and oxygen atoms in total. The lowest BCUT2D eigenvalue weighted by molar-refractivity contribution is -0.132. The number of nitrogens with one attached hydrogen (secondary N) is 3. The number of benzene rings is 1. The van der Waals surface area contributed by atoms with E-state index in [-0.39, 0.29) is 18.2 Å². The minimum atomic E-state index is -0.871. The number of aromatic nitrogens is 4. The second-order valence-corrected chi connectivity index (χ2v) is 12.8. The molecule has 0 fully saturated rings. The lowest BCUT2D eigenvalue weighted by Crippen LogP contribution is -2.49. The standard InChI is InChI=1S/C36H39N7O6/c1-22-12-24(13-26-21-39-42-31(22)26)15-29-34(45)43(2)5-7-48-9-11-49-10-8-47-6-3-4-23-14-28-32(38-19-23)41-35(46)36(28)17-25-16-27(33(44)40-29)20-37-30(25)18-36/h3-4,12-14,16,19-21,29H,5-11,15,17-18H2,1-2H3,(H,39,42)(H,40,44)(H,38,41,46). The molecule has 3 aliphatic rings. The average Bonchev–Trinajstić information content (AvgIpc) is 3.80. The summed E-state index contributed by atoms with van der Waals surface area (Å²) in [5, 5.41) is 14.0. The summed E-state index contributed by atoms with van der Waals surface area (Å²) in [5.74, 6) is -0.263. The molecule has 0 saturated heterocycles. The number of amides is 3. The molecule has 0 saturated carbocycles. The Bertz CT molecular complexity index is 1940. The molecule has 3 aromatic heterocycles. The van der Waals surface area contributed by atoms with E-state index in [2.05, 4.69) is 30.8 Å². The van der Waals surface area contributed by atoms with Crippen LogP contribution in [0.2, 0.25) is 0 Å². The molecular weight excluding hydrogens is 626 g/mol. The number of ether oxygens (including phenoxy) is 3. The summed E-state index contributed by atoms with van der Waals surface area (Å²) in [5.41, 5.74) is 5.50. The summed E-state index contributed by atoms with van der Waals surface area (Å²) in [4.78, 5) is 51.9. The van der Waals surface area contributed by atoms with Crippen molar-refractivity contribution in [2.45, 2.75) is 37.6 Å². The van der Waals surface area contributed by atoms with Crippen LogP contribution in [0.1, 0.15) is 43.9 Å². The van der Waals surface area contributed by atoms with Gasteiger partial charge in [-0.15, -0.1) is 0 Å². The Balaban J connectivity index is 1.17. The predicted molar refractivity (Wildman–Crippen MR) is 181 cm³/mol. The van der Waals surface area contributed by atoms with E-state index < -0.39 is 17.4 Å². The van der Waals surface area contributed by atoms with Crippen LogP contribution in [-0.4, -0.2) is 102 Å². The number of H-pyrrole nitrogens is 1. The monoisotopic (exact) mass is 665 g/mol. The highest BCUT2D eigenvalue weighted by molar-refractivity contribution is 6.06. The van der Waals surface area contributed by atoms with Gasteiger partial charge in [0.1, 0.15) is 11.9 Å². The lowest BCUT2D eigenvalue weighted by atomic mass is 9.79. The van der Waals surface area contributed by atoms with Gasteiger partial charge in [-0.1, -0.05) is 18.2 Å². The molecule has 2 aliphatic heterocycles. The van der Waals surface area contributed by atoms with Crippen molar-refractivity contribution >= 4 is 40.5 Å². The van der Waals surface area contributed by atoms with Crippen molar-refractivity contribution in [2.24, 2.45) is 0 Å². The van der Waals surface area contributed by atoms with Gasteiger partial charge in [-0.05, 0) is 53.8 Å². The lowest BCUT2D eigenvalue weighted by Gasteiger charge is -2.25. The topological polar surface area (TPSA) is 161 Å². The minimum absolute atomic E-state index is 0.136. The Morgan fingerprint density at radius 1 is 0.939 bits per heavy atom. The second kappa shape index (κ2) is 13.9. The molecule has 5 heterocycles. The number of fused-ring (bicyclic) bond motifs is 3. The van der Waals surface area contributed by atoms with Crippen LogP contribution in [-0.2, 0) is 48.5 Å². The van der Waals surface area contributed by atoms with Gasteiger partial charge in [0, 0.05) is 55.5 Å². The highest BCUT2D eigenvalue weighted by Crippen LogP contribution is 2.46. The summed E-state index contributed by atoms with van der Waals surface area (Å²) in [6, 6.07) is 6.89. The van der Waals surface area contributed by atoms with Gasteiger partial charge in [-0.2, -0.15) is 5.10 Å². The zero-order valence-electron chi connectivity index (χ0n) is 27.6. The van der Waals surface area contributed by atoms with E-state index in [4.69, 9.17) is 14.2 Å². The van der Waals surface area contributed by atoms with Crippen molar-refractivity contribution in [3.05, 3.63) is 88.0 Å². The number of nitrogens with zero attached hydrogens (tertiary/aromatic N) is 4. The van der Waals surface area contributed by atoms with Crippen molar-refractivity contribution in [1.82, 2.24) is 30.4 Å². The fourth-order valence-electron chi connectivity index (χ4n) is 6.85. The number of carbonyl (C=O) groups is 3. The van der Waals surface area contributed by atoms with E-state index in [1.807, 2.05) is 37.3 Å². The normalized spacial score (nSPS) is 22.2. The molecule has 2 atom stereocenters. The van der Waals surface area contributed by atoms with Gasteiger partial charge < -0.3 is 29.7 Å². The highest BCUT2D eigenvalue weighted by atomic mass is 16.5. The van der Waals surface area contributed by atoms with Crippen molar-refractivity contribution in [3.63, 3.8) is 0 Å². The van der Waals surface area contributed by atoms with Crippen molar-refractivity contribution in [1.29, 1.82) is 0 Å². The number of likely N-dealkylation sites (N-methyl/N-ethyl adjacent to an activating group) is 1. The number of aryl methyl sites for hydroxylation is 1. The summed E-state index contributed by atoms with van der Waals surface area (Å²) in [6.07, 6.45) is 9.86. The Morgan fingerprint density at radius 3 is 2.61 bits per heavy atom. The molecule has 4 aromatic rings. The molecule has 49 heavy (non-hydrogen) atoms. The first-order valence-electron chi connectivity index (χ1n) is 16.5. The largest absolute Gasteiger partial charge is 0.377 e. The smallest absolute Gasteiger partial charge is 0.253 e. The Labute approximate surface area is 283 Å². The third-order valence-corrected chi connectivity index (χ3v) is 9.44. The summed E-state index contributed by atoms with van der Waals surface area (Å²) in [6.45, 7) is 4.66. The van der Waals surface area contributed by atoms with Gasteiger partial charge in [0.2, 0.25) is 11.8 Å². The number of hydrogen-bond acceptors (Lipinski definition) is 9. The van der Waals surface area contributed by atoms with Gasteiger partial charge in [-0.3, -0.25) is 24.5 Å². The van der Waals surface area contributed by atoms with Crippen LogP contribution in [0.15, 0.2) is 48.9 Å². The summed E-state index contributed by atoms with van der Waals surface area (Å²) >= 11 is 0. The first-order chi connectivity index (χ1) is 23.8. The first-order valence-corrected chi connectivity index (χ1v) is 16.5. The van der Waals surface area contributed by atoms with Crippen molar-refractivity contribution < 1.29 is 28.6 Å². The van der Waals surface area contributed by atoms with E-state index in [0.29, 0.717) is 70.4 Å². The Morgan fingerprint density at radius 2 is 1.76 bits per heavy atom. The Hall–Kier alpha value is -4.98. The van der Waals surface area contributed by atoms with Crippen LogP contribution in [0.25, 0.3) is 17.0 Å². The number of pyridine rings is 2. The second-order valence-electron chi connectivity index (χ2n) is 12.8. The molecule has 2 unspecified atom stereocenters. The van der Waals surface area contributed by atoms with Crippen LogP contribution < -0.4 is 10.6 Å². The fourth-order valence-corrected chi connectivity index (χ4v) is 6.85. The van der Waals surface area contributed by atoms with Gasteiger partial charge in [-0.25, -0.2) is 4.98 Å². The summed E-state index contributed by atoms with van der Waals surface area (Å²) < 4.78 is 17.0. The number of aromatic amines is 1. The highest BCUT2D eigenvalue weighted by Gasteiger charge is 2.52. The molecule has 1 aromatic carbocycles. The maximum atomic E-state index is 13.8. The fraction of sp³-hybridized carbons (Fsp3) is 0.389. The van der Waals surface area contributed by atoms with Gasteiger partial charge in [0.15, 0.2) is 0 Å². The summed E-state index contributed by atoms with van der Waals surface area (Å²) in [7, 11) is 1.70. The van der Waals surface area contributed by atoms with Crippen LogP contribution in [0.5, 0.6) is 0 Å². The molecular formula is C36H39N7O6. The van der Waals surface area contributed by atoms with Gasteiger partial charge >= 0.3 is 0 Å². The van der Waals surface area contributed by atoms with Gasteiger partial charge in [0.05, 0.1) is 62.3 Å².